The first-order valence-corrected chi connectivity index (χ1v) is 6.50. The van der Waals surface area contributed by atoms with E-state index < -0.39 is 0 Å². The van der Waals surface area contributed by atoms with Gasteiger partial charge in [0.15, 0.2) is 5.16 Å². The number of hydrogen-bond donors (Lipinski definition) is 1. The molecule has 98 valence electrons. The highest BCUT2D eigenvalue weighted by atomic mass is 32.2. The molecule has 1 aromatic heterocycles. The SMILES string of the molecule is Cc1nnc(S[C@@H](C)C(=O)N2CCNC2=O)n1C. The van der Waals surface area contributed by atoms with Crippen LogP contribution >= 0.6 is 11.8 Å². The molecule has 1 atom stereocenters. The van der Waals surface area contributed by atoms with Crippen LogP contribution in [0.2, 0.25) is 0 Å². The molecule has 0 unspecified atom stereocenters. The Hall–Kier alpha value is -1.57. The Morgan fingerprint density at radius 3 is 2.72 bits per heavy atom. The highest BCUT2D eigenvalue weighted by molar-refractivity contribution is 8.00. The third-order valence-corrected chi connectivity index (χ3v) is 3.93. The maximum atomic E-state index is 12.1. The molecule has 0 radical (unpaired) electrons. The van der Waals surface area contributed by atoms with Crippen molar-refractivity contribution in [3.8, 4) is 0 Å². The molecule has 1 aromatic rings. The molecular formula is C10H15N5O2S. The summed E-state index contributed by atoms with van der Waals surface area (Å²) in [6.45, 7) is 4.56. The van der Waals surface area contributed by atoms with Gasteiger partial charge < -0.3 is 9.88 Å². The zero-order valence-electron chi connectivity index (χ0n) is 10.5. The van der Waals surface area contributed by atoms with Gasteiger partial charge >= 0.3 is 6.03 Å². The summed E-state index contributed by atoms with van der Waals surface area (Å²) in [5, 5.41) is 10.8. The molecule has 2 rings (SSSR count). The second-order valence-electron chi connectivity index (χ2n) is 4.07. The van der Waals surface area contributed by atoms with Crippen LogP contribution in [0.5, 0.6) is 0 Å². The molecule has 0 aliphatic carbocycles. The number of aryl methyl sites for hydroxylation is 1. The van der Waals surface area contributed by atoms with Crippen molar-refractivity contribution < 1.29 is 9.59 Å². The van der Waals surface area contributed by atoms with Crippen LogP contribution < -0.4 is 5.32 Å². The molecule has 8 heteroatoms. The molecule has 1 N–H and O–H groups in total. The molecule has 1 aliphatic heterocycles. The van der Waals surface area contributed by atoms with Crippen molar-refractivity contribution >= 4 is 23.7 Å². The van der Waals surface area contributed by atoms with Crippen molar-refractivity contribution in [1.82, 2.24) is 25.0 Å². The largest absolute Gasteiger partial charge is 0.336 e. The van der Waals surface area contributed by atoms with Gasteiger partial charge in [-0.2, -0.15) is 0 Å². The predicted octanol–water partition coefficient (Wildman–Crippen LogP) is 0.156. The Labute approximate surface area is 109 Å². The Morgan fingerprint density at radius 1 is 1.50 bits per heavy atom. The van der Waals surface area contributed by atoms with Crippen molar-refractivity contribution in [2.24, 2.45) is 7.05 Å². The smallest absolute Gasteiger partial charge is 0.324 e. The minimum absolute atomic E-state index is 0.198. The van der Waals surface area contributed by atoms with E-state index in [9.17, 15) is 9.59 Å². The number of carbonyl (C=O) groups excluding carboxylic acids is 2. The third kappa shape index (κ3) is 2.33. The van der Waals surface area contributed by atoms with Gasteiger partial charge in [0.25, 0.3) is 0 Å². The summed E-state index contributed by atoms with van der Waals surface area (Å²) in [5.74, 6) is 0.590. The number of carbonyl (C=O) groups is 2. The van der Waals surface area contributed by atoms with E-state index >= 15 is 0 Å². The molecule has 18 heavy (non-hydrogen) atoms. The first-order valence-electron chi connectivity index (χ1n) is 5.62. The van der Waals surface area contributed by atoms with Gasteiger partial charge in [0, 0.05) is 20.1 Å². The maximum Gasteiger partial charge on any atom is 0.324 e. The van der Waals surface area contributed by atoms with Crippen LogP contribution in [0.25, 0.3) is 0 Å². The van der Waals surface area contributed by atoms with E-state index in [1.807, 2.05) is 18.5 Å². The lowest BCUT2D eigenvalue weighted by atomic mass is 10.4. The van der Waals surface area contributed by atoms with Crippen LogP contribution in [0, 0.1) is 6.92 Å². The van der Waals surface area contributed by atoms with E-state index in [1.54, 1.807) is 6.92 Å². The summed E-state index contributed by atoms with van der Waals surface area (Å²) in [7, 11) is 1.84. The van der Waals surface area contributed by atoms with Gasteiger partial charge in [-0.05, 0) is 13.8 Å². The van der Waals surface area contributed by atoms with E-state index in [0.717, 1.165) is 5.82 Å². The van der Waals surface area contributed by atoms with Crippen molar-refractivity contribution in [2.75, 3.05) is 13.1 Å². The lowest BCUT2D eigenvalue weighted by Crippen LogP contribution is -2.39. The van der Waals surface area contributed by atoms with Crippen molar-refractivity contribution in [1.29, 1.82) is 0 Å². The van der Waals surface area contributed by atoms with E-state index in [4.69, 9.17) is 0 Å². The summed E-state index contributed by atoms with van der Waals surface area (Å²) in [5.41, 5.74) is 0. The Kier molecular flexibility index (Phi) is 3.55. The standard InChI is InChI=1S/C10H15N5O2S/c1-6(8(16)15-5-4-11-9(15)17)18-10-13-12-7(2)14(10)3/h6H,4-5H2,1-3H3,(H,11,17)/t6-/m0/s1. The van der Waals surface area contributed by atoms with E-state index in [-0.39, 0.29) is 17.2 Å². The van der Waals surface area contributed by atoms with Crippen LogP contribution in [0.4, 0.5) is 4.79 Å². The Morgan fingerprint density at radius 2 is 2.22 bits per heavy atom. The molecule has 7 nitrogen and oxygen atoms in total. The minimum Gasteiger partial charge on any atom is -0.336 e. The maximum absolute atomic E-state index is 12.1. The van der Waals surface area contributed by atoms with Gasteiger partial charge in [0.1, 0.15) is 5.82 Å². The highest BCUT2D eigenvalue weighted by Gasteiger charge is 2.30. The fourth-order valence-electron chi connectivity index (χ4n) is 1.60. The number of thioether (sulfide) groups is 1. The minimum atomic E-state index is -0.365. The second kappa shape index (κ2) is 4.97. The number of imide groups is 1. The average molecular weight is 269 g/mol. The highest BCUT2D eigenvalue weighted by Crippen LogP contribution is 2.23. The number of nitrogens with zero attached hydrogens (tertiary/aromatic N) is 4. The summed E-state index contributed by atoms with van der Waals surface area (Å²) in [6, 6.07) is -0.318. The fraction of sp³-hybridized carbons (Fsp3) is 0.600. The first-order chi connectivity index (χ1) is 8.50. The van der Waals surface area contributed by atoms with Gasteiger partial charge in [-0.1, -0.05) is 11.8 Å². The lowest BCUT2D eigenvalue weighted by molar-refractivity contribution is -0.126. The number of urea groups is 1. The first kappa shape index (κ1) is 12.9. The fourth-order valence-corrected chi connectivity index (χ4v) is 2.52. The summed E-state index contributed by atoms with van der Waals surface area (Å²) in [4.78, 5) is 24.7. The Balaban J connectivity index is 2.03. The van der Waals surface area contributed by atoms with Crippen molar-refractivity contribution in [2.45, 2.75) is 24.3 Å². The normalized spacial score (nSPS) is 16.8. The van der Waals surface area contributed by atoms with Crippen molar-refractivity contribution in [3.63, 3.8) is 0 Å². The van der Waals surface area contributed by atoms with Gasteiger partial charge in [-0.25, -0.2) is 4.79 Å². The third-order valence-electron chi connectivity index (χ3n) is 2.81. The van der Waals surface area contributed by atoms with Crippen LogP contribution in [0.15, 0.2) is 5.16 Å². The summed E-state index contributed by atoms with van der Waals surface area (Å²) < 4.78 is 1.82. The van der Waals surface area contributed by atoms with Crippen molar-refractivity contribution in [3.05, 3.63) is 5.82 Å². The molecule has 1 aliphatic rings. The number of amides is 3. The number of nitrogens with one attached hydrogen (secondary N) is 1. The number of hydrogen-bond acceptors (Lipinski definition) is 5. The molecule has 0 spiro atoms. The van der Waals surface area contributed by atoms with Gasteiger partial charge in [0.2, 0.25) is 5.91 Å². The number of rotatable bonds is 3. The van der Waals surface area contributed by atoms with Crippen LogP contribution in [-0.2, 0) is 11.8 Å². The molecule has 2 heterocycles. The zero-order valence-corrected chi connectivity index (χ0v) is 11.3. The van der Waals surface area contributed by atoms with Crippen LogP contribution in [-0.4, -0.2) is 49.9 Å². The topological polar surface area (TPSA) is 80.1 Å². The summed E-state index contributed by atoms with van der Waals surface area (Å²) >= 11 is 1.31. The quantitative estimate of drug-likeness (QED) is 0.790. The van der Waals surface area contributed by atoms with Gasteiger partial charge in [-0.3, -0.25) is 9.69 Å². The zero-order chi connectivity index (χ0) is 13.3. The molecular weight excluding hydrogens is 254 g/mol. The molecule has 0 aromatic carbocycles. The summed E-state index contributed by atoms with van der Waals surface area (Å²) in [6.07, 6.45) is 0. The number of aromatic nitrogens is 3. The molecule has 3 amide bonds. The van der Waals surface area contributed by atoms with E-state index in [2.05, 4.69) is 15.5 Å². The monoisotopic (exact) mass is 269 g/mol. The van der Waals surface area contributed by atoms with Crippen LogP contribution in [0.1, 0.15) is 12.7 Å². The molecule has 0 saturated carbocycles. The van der Waals surface area contributed by atoms with E-state index in [1.165, 1.54) is 16.7 Å². The molecule has 1 fully saturated rings. The average Bonchev–Trinajstić information content (AvgIpc) is 2.89. The second-order valence-corrected chi connectivity index (χ2v) is 5.38. The lowest BCUT2D eigenvalue weighted by Gasteiger charge is -2.16. The van der Waals surface area contributed by atoms with E-state index in [0.29, 0.717) is 18.2 Å². The van der Waals surface area contributed by atoms with Gasteiger partial charge in [0.05, 0.1) is 5.25 Å². The Bertz CT molecular complexity index is 487. The van der Waals surface area contributed by atoms with Crippen LogP contribution in [0.3, 0.4) is 0 Å². The molecule has 1 saturated heterocycles. The molecule has 0 bridgehead atoms. The van der Waals surface area contributed by atoms with Gasteiger partial charge in [-0.15, -0.1) is 10.2 Å². The predicted molar refractivity (Wildman–Crippen MR) is 66.2 cm³/mol.